The summed E-state index contributed by atoms with van der Waals surface area (Å²) in [5, 5.41) is 16.9. The van der Waals surface area contributed by atoms with Gasteiger partial charge in [0.1, 0.15) is 11.6 Å². The second-order valence-electron chi connectivity index (χ2n) is 11.0. The first kappa shape index (κ1) is 33.9. The van der Waals surface area contributed by atoms with E-state index in [4.69, 9.17) is 0 Å². The van der Waals surface area contributed by atoms with Gasteiger partial charge in [-0.05, 0) is 73.9 Å². The van der Waals surface area contributed by atoms with Gasteiger partial charge in [0.2, 0.25) is 5.91 Å². The number of benzene rings is 2. The minimum atomic E-state index is -1.19. The SMILES string of the molecule is CCCN(CCC)C(=O)c1cccc(C(=O)N[C@@H](Cc2cc(F)cc(F)c2)[C@@H](O)C[C@@H](CC)C(=O)NCC(C)C)c1. The lowest BCUT2D eigenvalue weighted by atomic mass is 9.91. The Morgan fingerprint density at radius 3 is 2.10 bits per heavy atom. The minimum Gasteiger partial charge on any atom is -0.391 e. The summed E-state index contributed by atoms with van der Waals surface area (Å²) in [7, 11) is 0. The zero-order valence-electron chi connectivity index (χ0n) is 24.9. The van der Waals surface area contributed by atoms with Crippen molar-refractivity contribution in [2.24, 2.45) is 11.8 Å². The zero-order valence-corrected chi connectivity index (χ0v) is 24.9. The van der Waals surface area contributed by atoms with Crippen LogP contribution in [0.3, 0.4) is 0 Å². The van der Waals surface area contributed by atoms with Crippen LogP contribution in [0.4, 0.5) is 8.78 Å². The lowest BCUT2D eigenvalue weighted by molar-refractivity contribution is -0.126. The molecule has 0 aliphatic heterocycles. The number of amides is 3. The molecule has 3 atom stereocenters. The van der Waals surface area contributed by atoms with Crippen LogP contribution in [0.25, 0.3) is 0 Å². The Kier molecular flexibility index (Phi) is 13.9. The normalized spacial score (nSPS) is 13.4. The van der Waals surface area contributed by atoms with E-state index in [1.165, 1.54) is 6.07 Å². The molecular weight excluding hydrogens is 528 g/mol. The van der Waals surface area contributed by atoms with Crippen LogP contribution in [-0.2, 0) is 11.2 Å². The summed E-state index contributed by atoms with van der Waals surface area (Å²) in [6.07, 6.45) is 0.873. The number of nitrogens with zero attached hydrogens (tertiary/aromatic N) is 1. The van der Waals surface area contributed by atoms with Crippen LogP contribution in [0, 0.1) is 23.5 Å². The average molecular weight is 574 g/mol. The Morgan fingerprint density at radius 2 is 1.54 bits per heavy atom. The van der Waals surface area contributed by atoms with Crippen molar-refractivity contribution in [3.05, 3.63) is 70.8 Å². The maximum atomic E-state index is 13.9. The van der Waals surface area contributed by atoms with Crippen LogP contribution in [-0.4, -0.2) is 59.5 Å². The molecule has 0 fully saturated rings. The third-order valence-electron chi connectivity index (χ3n) is 6.88. The van der Waals surface area contributed by atoms with E-state index in [0.717, 1.165) is 31.0 Å². The van der Waals surface area contributed by atoms with Gasteiger partial charge in [0, 0.05) is 42.7 Å². The number of carbonyl (C=O) groups is 3. The van der Waals surface area contributed by atoms with Crippen molar-refractivity contribution < 1.29 is 28.3 Å². The van der Waals surface area contributed by atoms with E-state index < -0.39 is 35.6 Å². The average Bonchev–Trinajstić information content (AvgIpc) is 2.93. The van der Waals surface area contributed by atoms with Crippen LogP contribution in [0.1, 0.15) is 86.6 Å². The molecule has 0 saturated carbocycles. The molecule has 3 amide bonds. The van der Waals surface area contributed by atoms with Gasteiger partial charge in [-0.25, -0.2) is 8.78 Å². The number of aliphatic hydroxyl groups is 1. The van der Waals surface area contributed by atoms with Gasteiger partial charge in [0.15, 0.2) is 0 Å². The van der Waals surface area contributed by atoms with Crippen molar-refractivity contribution in [1.29, 1.82) is 0 Å². The fraction of sp³-hybridized carbons (Fsp3) is 0.531. The maximum Gasteiger partial charge on any atom is 0.253 e. The van der Waals surface area contributed by atoms with Crippen molar-refractivity contribution in [2.75, 3.05) is 19.6 Å². The highest BCUT2D eigenvalue weighted by atomic mass is 19.1. The van der Waals surface area contributed by atoms with Gasteiger partial charge in [-0.2, -0.15) is 0 Å². The van der Waals surface area contributed by atoms with Gasteiger partial charge in [-0.15, -0.1) is 0 Å². The number of carbonyl (C=O) groups excluding carboxylic acids is 3. The molecule has 0 radical (unpaired) electrons. The number of hydrogen-bond donors (Lipinski definition) is 3. The standard InChI is InChI=1S/C32H45F2N3O4/c1-6-12-37(13-7-2)32(41)25-11-9-10-24(17-25)31(40)36-28(16-22-14-26(33)19-27(34)15-22)29(38)18-23(8-3)30(39)35-20-21(4)5/h9-11,14-15,17,19,21,23,28-29,38H,6-8,12-13,16,18,20H2,1-5H3,(H,35,39)(H,36,40)/t23-,28+,29+/m1/s1. The maximum absolute atomic E-state index is 13.9. The fourth-order valence-electron chi connectivity index (χ4n) is 4.71. The molecule has 9 heteroatoms. The van der Waals surface area contributed by atoms with Gasteiger partial charge < -0.3 is 20.6 Å². The largest absolute Gasteiger partial charge is 0.391 e. The van der Waals surface area contributed by atoms with Crippen LogP contribution in [0.15, 0.2) is 42.5 Å². The summed E-state index contributed by atoms with van der Waals surface area (Å²) >= 11 is 0. The van der Waals surface area contributed by atoms with E-state index in [-0.39, 0.29) is 41.7 Å². The van der Waals surface area contributed by atoms with Gasteiger partial charge >= 0.3 is 0 Å². The molecule has 0 unspecified atom stereocenters. The number of rotatable bonds is 16. The number of aliphatic hydroxyl groups excluding tert-OH is 1. The van der Waals surface area contributed by atoms with E-state index in [2.05, 4.69) is 10.6 Å². The number of nitrogens with one attached hydrogen (secondary N) is 2. The molecule has 0 heterocycles. The Bertz CT molecular complexity index is 1130. The van der Waals surface area contributed by atoms with Crippen LogP contribution in [0.2, 0.25) is 0 Å². The number of halogens is 2. The molecule has 7 nitrogen and oxygen atoms in total. The second kappa shape index (κ2) is 16.8. The van der Waals surface area contributed by atoms with Gasteiger partial charge in [-0.1, -0.05) is 40.7 Å². The van der Waals surface area contributed by atoms with Crippen molar-refractivity contribution in [3.8, 4) is 0 Å². The molecule has 2 aromatic carbocycles. The van der Waals surface area contributed by atoms with Crippen molar-refractivity contribution in [1.82, 2.24) is 15.5 Å². The van der Waals surface area contributed by atoms with Gasteiger partial charge in [0.05, 0.1) is 12.1 Å². The summed E-state index contributed by atoms with van der Waals surface area (Å²) in [6, 6.07) is 8.45. The summed E-state index contributed by atoms with van der Waals surface area (Å²) in [4.78, 5) is 40.9. The Balaban J connectivity index is 2.30. The molecule has 2 aromatic rings. The number of hydrogen-bond acceptors (Lipinski definition) is 4. The molecule has 0 aliphatic rings. The Morgan fingerprint density at radius 1 is 0.927 bits per heavy atom. The Hall–Kier alpha value is -3.33. The summed E-state index contributed by atoms with van der Waals surface area (Å²) < 4.78 is 27.9. The third kappa shape index (κ3) is 10.9. The predicted molar refractivity (Wildman–Crippen MR) is 156 cm³/mol. The van der Waals surface area contributed by atoms with Gasteiger partial charge in [-0.3, -0.25) is 14.4 Å². The van der Waals surface area contributed by atoms with E-state index >= 15 is 0 Å². The lowest BCUT2D eigenvalue weighted by Gasteiger charge is -2.27. The highest BCUT2D eigenvalue weighted by Gasteiger charge is 2.28. The smallest absolute Gasteiger partial charge is 0.253 e. The predicted octanol–water partition coefficient (Wildman–Crippen LogP) is 5.12. The van der Waals surface area contributed by atoms with Crippen molar-refractivity contribution >= 4 is 17.7 Å². The summed E-state index contributed by atoms with van der Waals surface area (Å²) in [5.41, 5.74) is 0.840. The topological polar surface area (TPSA) is 98.7 Å². The van der Waals surface area contributed by atoms with E-state index in [9.17, 15) is 28.3 Å². The highest BCUT2D eigenvalue weighted by molar-refractivity contribution is 5.99. The highest BCUT2D eigenvalue weighted by Crippen LogP contribution is 2.19. The Labute approximate surface area is 242 Å². The molecule has 0 spiro atoms. The molecule has 226 valence electrons. The first-order chi connectivity index (χ1) is 19.5. The minimum absolute atomic E-state index is 0.0463. The summed E-state index contributed by atoms with van der Waals surface area (Å²) in [6.45, 7) is 11.5. The molecule has 0 bridgehead atoms. The molecule has 0 aromatic heterocycles. The zero-order chi connectivity index (χ0) is 30.5. The van der Waals surface area contributed by atoms with Gasteiger partial charge in [0.25, 0.3) is 11.8 Å². The van der Waals surface area contributed by atoms with Crippen LogP contribution < -0.4 is 10.6 Å². The van der Waals surface area contributed by atoms with Crippen molar-refractivity contribution in [2.45, 2.75) is 78.9 Å². The second-order valence-corrected chi connectivity index (χ2v) is 11.0. The molecule has 41 heavy (non-hydrogen) atoms. The quantitative estimate of drug-likeness (QED) is 0.260. The third-order valence-corrected chi connectivity index (χ3v) is 6.88. The molecular formula is C32H45F2N3O4. The molecule has 0 saturated heterocycles. The summed E-state index contributed by atoms with van der Waals surface area (Å²) in [5.74, 6) is -2.71. The molecule has 0 aliphatic carbocycles. The molecule has 2 rings (SSSR count). The van der Waals surface area contributed by atoms with Crippen molar-refractivity contribution in [3.63, 3.8) is 0 Å². The molecule has 3 N–H and O–H groups in total. The van der Waals surface area contributed by atoms with E-state index in [1.54, 1.807) is 23.1 Å². The monoisotopic (exact) mass is 573 g/mol. The fourth-order valence-corrected chi connectivity index (χ4v) is 4.71. The lowest BCUT2D eigenvalue weighted by Crippen LogP contribution is -2.47. The first-order valence-corrected chi connectivity index (χ1v) is 14.6. The van der Waals surface area contributed by atoms with Crippen LogP contribution >= 0.6 is 0 Å². The first-order valence-electron chi connectivity index (χ1n) is 14.6. The van der Waals surface area contributed by atoms with Crippen LogP contribution in [0.5, 0.6) is 0 Å². The van der Waals surface area contributed by atoms with E-state index in [0.29, 0.717) is 31.6 Å². The van der Waals surface area contributed by atoms with E-state index in [1.807, 2.05) is 34.6 Å².